The number of hydrogen-bond acceptors (Lipinski definition) is 4. The van der Waals surface area contributed by atoms with Crippen LogP contribution in [-0.4, -0.2) is 50.1 Å². The van der Waals surface area contributed by atoms with Gasteiger partial charge in [0, 0.05) is 38.1 Å². The number of methoxy groups -OCH3 is 1. The van der Waals surface area contributed by atoms with Crippen molar-refractivity contribution in [3.63, 3.8) is 0 Å². The molecule has 1 aromatic rings. The van der Waals surface area contributed by atoms with Gasteiger partial charge < -0.3 is 20.3 Å². The number of rotatable bonds is 3. The summed E-state index contributed by atoms with van der Waals surface area (Å²) in [6, 6.07) is 8.27. The maximum atomic E-state index is 12.5. The van der Waals surface area contributed by atoms with Crippen molar-refractivity contribution < 1.29 is 9.53 Å². The van der Waals surface area contributed by atoms with Crippen LogP contribution in [0.15, 0.2) is 24.3 Å². The molecule has 1 saturated carbocycles. The van der Waals surface area contributed by atoms with Crippen LogP contribution in [0.25, 0.3) is 0 Å². The van der Waals surface area contributed by atoms with Crippen molar-refractivity contribution in [3.05, 3.63) is 24.3 Å². The number of carbonyl (C=O) groups excluding carboxylic acids is 1. The highest BCUT2D eigenvalue weighted by Crippen LogP contribution is 2.30. The number of nitrogens with zero attached hydrogens (tertiary/aromatic N) is 2. The molecule has 1 heterocycles. The fourth-order valence-electron chi connectivity index (χ4n) is 3.56. The van der Waals surface area contributed by atoms with E-state index in [1.54, 1.807) is 7.11 Å². The minimum atomic E-state index is 0. The summed E-state index contributed by atoms with van der Waals surface area (Å²) >= 11 is 0. The van der Waals surface area contributed by atoms with Crippen LogP contribution in [0.2, 0.25) is 0 Å². The molecule has 0 radical (unpaired) electrons. The lowest BCUT2D eigenvalue weighted by Crippen LogP contribution is -2.50. The number of para-hydroxylation sites is 2. The summed E-state index contributed by atoms with van der Waals surface area (Å²) in [6.45, 7) is 3.26. The van der Waals surface area contributed by atoms with Crippen LogP contribution in [0.1, 0.15) is 19.3 Å². The fraction of sp³-hybridized carbons (Fsp3) is 0.588. The second kappa shape index (κ2) is 9.35. The van der Waals surface area contributed by atoms with Gasteiger partial charge in [-0.25, -0.2) is 0 Å². The highest BCUT2D eigenvalue weighted by atomic mass is 35.5. The molecule has 0 aromatic heterocycles. The molecule has 136 valence electrons. The van der Waals surface area contributed by atoms with Crippen LogP contribution in [0.4, 0.5) is 5.69 Å². The minimum absolute atomic E-state index is 0. The SMILES string of the molecule is COc1ccccc1N1CCN(C(=O)C2CCC(N)C2)CC1.Cl.Cl. The zero-order valence-electron chi connectivity index (χ0n) is 14.0. The predicted molar refractivity (Wildman–Crippen MR) is 102 cm³/mol. The van der Waals surface area contributed by atoms with E-state index < -0.39 is 0 Å². The molecule has 1 amide bonds. The van der Waals surface area contributed by atoms with Crippen LogP contribution >= 0.6 is 24.8 Å². The number of carbonyl (C=O) groups is 1. The number of ether oxygens (including phenoxy) is 1. The second-order valence-electron chi connectivity index (χ2n) is 6.25. The Kier molecular flexibility index (Phi) is 8.13. The first-order valence-electron chi connectivity index (χ1n) is 8.11. The summed E-state index contributed by atoms with van der Waals surface area (Å²) in [4.78, 5) is 16.8. The molecular formula is C17H27Cl2N3O2. The smallest absolute Gasteiger partial charge is 0.225 e. The Hall–Kier alpha value is -1.17. The highest BCUT2D eigenvalue weighted by molar-refractivity contribution is 5.85. The number of anilines is 1. The molecule has 1 aliphatic carbocycles. The topological polar surface area (TPSA) is 58.8 Å². The van der Waals surface area contributed by atoms with Gasteiger partial charge in [-0.3, -0.25) is 4.79 Å². The molecule has 1 saturated heterocycles. The van der Waals surface area contributed by atoms with E-state index in [1.165, 1.54) is 0 Å². The summed E-state index contributed by atoms with van der Waals surface area (Å²) < 4.78 is 5.43. The first-order chi connectivity index (χ1) is 10.7. The maximum absolute atomic E-state index is 12.5. The van der Waals surface area contributed by atoms with Crippen LogP contribution in [0, 0.1) is 5.92 Å². The van der Waals surface area contributed by atoms with E-state index in [4.69, 9.17) is 10.5 Å². The number of hydrogen-bond donors (Lipinski definition) is 1. The summed E-state index contributed by atoms with van der Waals surface area (Å²) in [5.74, 6) is 1.34. The first kappa shape index (κ1) is 20.9. The number of nitrogens with two attached hydrogens (primary N) is 1. The van der Waals surface area contributed by atoms with Gasteiger partial charge in [0.1, 0.15) is 5.75 Å². The van der Waals surface area contributed by atoms with Gasteiger partial charge in [-0.1, -0.05) is 12.1 Å². The summed E-state index contributed by atoms with van der Waals surface area (Å²) in [5, 5.41) is 0. The standard InChI is InChI=1S/C17H25N3O2.2ClH/c1-22-16-5-3-2-4-15(16)19-8-10-20(11-9-19)17(21)13-6-7-14(18)12-13;;/h2-5,13-14H,6-12,18H2,1H3;2*1H. The van der Waals surface area contributed by atoms with E-state index in [2.05, 4.69) is 11.0 Å². The van der Waals surface area contributed by atoms with Crippen molar-refractivity contribution in [2.45, 2.75) is 25.3 Å². The molecule has 1 aromatic carbocycles. The van der Waals surface area contributed by atoms with Crippen molar-refractivity contribution in [1.82, 2.24) is 4.90 Å². The van der Waals surface area contributed by atoms with Crippen molar-refractivity contribution >= 4 is 36.4 Å². The lowest BCUT2D eigenvalue weighted by atomic mass is 10.1. The third-order valence-electron chi connectivity index (χ3n) is 4.84. The van der Waals surface area contributed by atoms with E-state index in [-0.39, 0.29) is 36.8 Å². The number of benzene rings is 1. The molecule has 3 rings (SSSR count). The first-order valence-corrected chi connectivity index (χ1v) is 8.11. The van der Waals surface area contributed by atoms with E-state index in [0.717, 1.165) is 56.9 Å². The van der Waals surface area contributed by atoms with Gasteiger partial charge in [0.15, 0.2) is 0 Å². The molecule has 0 spiro atoms. The van der Waals surface area contributed by atoms with E-state index in [0.29, 0.717) is 5.91 Å². The average Bonchev–Trinajstić information content (AvgIpc) is 3.01. The van der Waals surface area contributed by atoms with E-state index in [1.807, 2.05) is 23.1 Å². The lowest BCUT2D eigenvalue weighted by molar-refractivity contribution is -0.135. The van der Waals surface area contributed by atoms with Gasteiger partial charge >= 0.3 is 0 Å². The van der Waals surface area contributed by atoms with Crippen LogP contribution in [0.5, 0.6) is 5.75 Å². The fourth-order valence-corrected chi connectivity index (χ4v) is 3.56. The van der Waals surface area contributed by atoms with Gasteiger partial charge in [0.25, 0.3) is 0 Å². The van der Waals surface area contributed by atoms with Gasteiger partial charge in [0.2, 0.25) is 5.91 Å². The van der Waals surface area contributed by atoms with E-state index in [9.17, 15) is 4.79 Å². The predicted octanol–water partition coefficient (Wildman–Crippen LogP) is 2.31. The van der Waals surface area contributed by atoms with Crippen molar-refractivity contribution in [2.75, 3.05) is 38.2 Å². The Morgan fingerprint density at radius 3 is 2.38 bits per heavy atom. The monoisotopic (exact) mass is 375 g/mol. The Labute approximate surface area is 156 Å². The molecule has 1 aliphatic heterocycles. The average molecular weight is 376 g/mol. The van der Waals surface area contributed by atoms with Crippen LogP contribution < -0.4 is 15.4 Å². The minimum Gasteiger partial charge on any atom is -0.495 e. The Morgan fingerprint density at radius 2 is 1.79 bits per heavy atom. The quantitative estimate of drug-likeness (QED) is 0.880. The molecule has 7 heteroatoms. The third-order valence-corrected chi connectivity index (χ3v) is 4.84. The maximum Gasteiger partial charge on any atom is 0.225 e. The summed E-state index contributed by atoms with van der Waals surface area (Å²) in [6.07, 6.45) is 2.79. The van der Waals surface area contributed by atoms with Crippen molar-refractivity contribution in [3.8, 4) is 5.75 Å². The van der Waals surface area contributed by atoms with Crippen molar-refractivity contribution in [1.29, 1.82) is 0 Å². The summed E-state index contributed by atoms with van der Waals surface area (Å²) in [5.41, 5.74) is 7.04. The Balaban J connectivity index is 0.00000144. The van der Waals surface area contributed by atoms with Crippen LogP contribution in [-0.2, 0) is 4.79 Å². The normalized spacial score (nSPS) is 23.2. The van der Waals surface area contributed by atoms with Crippen molar-refractivity contribution in [2.24, 2.45) is 11.7 Å². The number of amides is 1. The number of piperazine rings is 1. The molecule has 24 heavy (non-hydrogen) atoms. The molecule has 2 unspecified atom stereocenters. The molecule has 0 bridgehead atoms. The molecule has 2 N–H and O–H groups in total. The largest absolute Gasteiger partial charge is 0.495 e. The summed E-state index contributed by atoms with van der Waals surface area (Å²) in [7, 11) is 1.70. The molecular weight excluding hydrogens is 349 g/mol. The molecule has 2 fully saturated rings. The lowest BCUT2D eigenvalue weighted by Gasteiger charge is -2.37. The highest BCUT2D eigenvalue weighted by Gasteiger charge is 2.32. The molecule has 2 aliphatic rings. The van der Waals surface area contributed by atoms with Gasteiger partial charge in [0.05, 0.1) is 12.8 Å². The van der Waals surface area contributed by atoms with Gasteiger partial charge in [-0.05, 0) is 31.4 Å². The third kappa shape index (κ3) is 4.47. The molecule has 5 nitrogen and oxygen atoms in total. The van der Waals surface area contributed by atoms with E-state index >= 15 is 0 Å². The molecule has 2 atom stereocenters. The van der Waals surface area contributed by atoms with Gasteiger partial charge in [-0.15, -0.1) is 24.8 Å². The number of halogens is 2. The zero-order chi connectivity index (χ0) is 15.5. The zero-order valence-corrected chi connectivity index (χ0v) is 15.7. The Morgan fingerprint density at radius 1 is 1.12 bits per heavy atom. The van der Waals surface area contributed by atoms with Crippen LogP contribution in [0.3, 0.4) is 0 Å². The second-order valence-corrected chi connectivity index (χ2v) is 6.25. The van der Waals surface area contributed by atoms with Gasteiger partial charge in [-0.2, -0.15) is 0 Å². The Bertz CT molecular complexity index is 536.